The van der Waals surface area contributed by atoms with Crippen molar-refractivity contribution in [3.63, 3.8) is 0 Å². The van der Waals surface area contributed by atoms with Gasteiger partial charge in [-0.3, -0.25) is 14.9 Å². The highest BCUT2D eigenvalue weighted by Gasteiger charge is 2.19. The molecule has 10 nitrogen and oxygen atoms in total. The summed E-state index contributed by atoms with van der Waals surface area (Å²) in [6.45, 7) is 2.15. The Morgan fingerprint density at radius 2 is 2.07 bits per heavy atom. The minimum Gasteiger partial charge on any atom is -0.496 e. The van der Waals surface area contributed by atoms with Crippen molar-refractivity contribution in [2.45, 2.75) is 12.1 Å². The SMILES string of the molecule is CCOc1ccc(NC(=O)CSc2nnc(-c3ccccc3OC)o2)c([N+](=O)[O-])c1. The maximum absolute atomic E-state index is 12.3. The largest absolute Gasteiger partial charge is 0.496 e. The average molecular weight is 430 g/mol. The second-order valence-electron chi connectivity index (χ2n) is 5.78. The van der Waals surface area contributed by atoms with Crippen LogP contribution in [0.4, 0.5) is 11.4 Å². The van der Waals surface area contributed by atoms with Gasteiger partial charge in [0, 0.05) is 0 Å². The van der Waals surface area contributed by atoms with Gasteiger partial charge in [0.25, 0.3) is 16.8 Å². The molecule has 1 amide bonds. The van der Waals surface area contributed by atoms with E-state index in [0.29, 0.717) is 23.7 Å². The molecular formula is C19H18N4O6S. The second-order valence-corrected chi connectivity index (χ2v) is 6.71. The third-order valence-corrected chi connectivity index (χ3v) is 4.64. The van der Waals surface area contributed by atoms with E-state index in [2.05, 4.69) is 15.5 Å². The lowest BCUT2D eigenvalue weighted by molar-refractivity contribution is -0.384. The predicted molar refractivity (Wildman–Crippen MR) is 110 cm³/mol. The van der Waals surface area contributed by atoms with Gasteiger partial charge >= 0.3 is 0 Å². The number of carbonyl (C=O) groups excluding carboxylic acids is 1. The Balaban J connectivity index is 1.64. The van der Waals surface area contributed by atoms with Crippen molar-refractivity contribution < 1.29 is 23.6 Å². The average Bonchev–Trinajstić information content (AvgIpc) is 3.22. The number of rotatable bonds is 9. The molecule has 0 spiro atoms. The second kappa shape index (κ2) is 9.74. The monoisotopic (exact) mass is 430 g/mol. The number of methoxy groups -OCH3 is 1. The number of aromatic nitrogens is 2. The molecular weight excluding hydrogens is 412 g/mol. The van der Waals surface area contributed by atoms with Crippen molar-refractivity contribution in [2.24, 2.45) is 0 Å². The van der Waals surface area contributed by atoms with Gasteiger partial charge in [-0.15, -0.1) is 10.2 Å². The van der Waals surface area contributed by atoms with Crippen LogP contribution in [-0.4, -0.2) is 40.5 Å². The van der Waals surface area contributed by atoms with Gasteiger partial charge in [0.05, 0.1) is 36.0 Å². The van der Waals surface area contributed by atoms with Crippen LogP contribution in [0.2, 0.25) is 0 Å². The van der Waals surface area contributed by atoms with Crippen molar-refractivity contribution >= 4 is 29.0 Å². The zero-order valence-electron chi connectivity index (χ0n) is 16.2. The first-order valence-electron chi connectivity index (χ1n) is 8.82. The summed E-state index contributed by atoms with van der Waals surface area (Å²) in [6.07, 6.45) is 0. The molecule has 0 saturated heterocycles. The molecule has 0 saturated carbocycles. The molecule has 1 N–H and O–H groups in total. The van der Waals surface area contributed by atoms with Crippen molar-refractivity contribution in [3.05, 3.63) is 52.6 Å². The van der Waals surface area contributed by atoms with Crippen molar-refractivity contribution in [2.75, 3.05) is 24.8 Å². The number of nitro groups is 1. The molecule has 0 unspecified atom stereocenters. The zero-order valence-corrected chi connectivity index (χ0v) is 17.0. The van der Waals surface area contributed by atoms with Crippen LogP contribution in [0.3, 0.4) is 0 Å². The molecule has 0 radical (unpaired) electrons. The van der Waals surface area contributed by atoms with Gasteiger partial charge in [0.15, 0.2) is 0 Å². The Bertz CT molecular complexity index is 1060. The fraction of sp³-hybridized carbons (Fsp3) is 0.211. The molecule has 0 aliphatic carbocycles. The number of amides is 1. The summed E-state index contributed by atoms with van der Waals surface area (Å²) in [4.78, 5) is 23.0. The van der Waals surface area contributed by atoms with Crippen LogP contribution < -0.4 is 14.8 Å². The molecule has 0 atom stereocenters. The summed E-state index contributed by atoms with van der Waals surface area (Å²) in [5.41, 5.74) is 0.457. The highest BCUT2D eigenvalue weighted by atomic mass is 32.2. The lowest BCUT2D eigenvalue weighted by atomic mass is 10.2. The number of nitrogens with zero attached hydrogens (tertiary/aromatic N) is 3. The highest BCUT2D eigenvalue weighted by molar-refractivity contribution is 7.99. The molecule has 0 aliphatic heterocycles. The van der Waals surface area contributed by atoms with Crippen LogP contribution >= 0.6 is 11.8 Å². The first kappa shape index (κ1) is 21.1. The lowest BCUT2D eigenvalue weighted by Crippen LogP contribution is -2.15. The number of hydrogen-bond acceptors (Lipinski definition) is 9. The fourth-order valence-corrected chi connectivity index (χ4v) is 3.10. The summed E-state index contributed by atoms with van der Waals surface area (Å²) >= 11 is 1.01. The Labute approximate surface area is 175 Å². The number of benzene rings is 2. The molecule has 0 fully saturated rings. The van der Waals surface area contributed by atoms with Gasteiger partial charge in [-0.25, -0.2) is 0 Å². The van der Waals surface area contributed by atoms with Crippen LogP contribution in [0.25, 0.3) is 11.5 Å². The van der Waals surface area contributed by atoms with Crippen molar-refractivity contribution in [3.8, 4) is 23.0 Å². The lowest BCUT2D eigenvalue weighted by Gasteiger charge is -2.07. The molecule has 2 aromatic carbocycles. The van der Waals surface area contributed by atoms with Crippen LogP contribution in [0.1, 0.15) is 6.92 Å². The Hall–Kier alpha value is -3.60. The summed E-state index contributed by atoms with van der Waals surface area (Å²) in [7, 11) is 1.54. The van der Waals surface area contributed by atoms with E-state index < -0.39 is 10.8 Å². The third kappa shape index (κ3) is 5.06. The summed E-state index contributed by atoms with van der Waals surface area (Å²) in [5.74, 6) is 0.671. The fourth-order valence-electron chi connectivity index (χ4n) is 2.54. The number of para-hydroxylation sites is 1. The van der Waals surface area contributed by atoms with E-state index in [0.717, 1.165) is 11.8 Å². The van der Waals surface area contributed by atoms with E-state index in [1.807, 2.05) is 12.1 Å². The number of nitrogens with one attached hydrogen (secondary N) is 1. The van der Waals surface area contributed by atoms with E-state index in [9.17, 15) is 14.9 Å². The summed E-state index contributed by atoms with van der Waals surface area (Å²) in [5, 5.41) is 21.9. The van der Waals surface area contributed by atoms with E-state index in [-0.39, 0.29) is 28.2 Å². The topological polar surface area (TPSA) is 130 Å². The van der Waals surface area contributed by atoms with Gasteiger partial charge in [-0.1, -0.05) is 23.9 Å². The Morgan fingerprint density at radius 3 is 2.80 bits per heavy atom. The van der Waals surface area contributed by atoms with Gasteiger partial charge in [0.2, 0.25) is 5.91 Å². The normalized spacial score (nSPS) is 10.5. The van der Waals surface area contributed by atoms with E-state index in [4.69, 9.17) is 13.9 Å². The molecule has 1 aromatic heterocycles. The first-order valence-corrected chi connectivity index (χ1v) is 9.81. The molecule has 156 valence electrons. The summed E-state index contributed by atoms with van der Waals surface area (Å²) in [6, 6.07) is 11.4. The maximum atomic E-state index is 12.3. The van der Waals surface area contributed by atoms with Crippen molar-refractivity contribution in [1.82, 2.24) is 10.2 Å². The summed E-state index contributed by atoms with van der Waals surface area (Å²) < 4.78 is 16.1. The van der Waals surface area contributed by atoms with E-state index in [1.165, 1.54) is 19.2 Å². The van der Waals surface area contributed by atoms with E-state index in [1.54, 1.807) is 25.1 Å². The number of nitro benzene ring substituents is 1. The van der Waals surface area contributed by atoms with E-state index >= 15 is 0 Å². The maximum Gasteiger partial charge on any atom is 0.296 e. The number of thioether (sulfide) groups is 1. The number of anilines is 1. The minimum absolute atomic E-state index is 0.0715. The van der Waals surface area contributed by atoms with Crippen molar-refractivity contribution in [1.29, 1.82) is 0 Å². The smallest absolute Gasteiger partial charge is 0.296 e. The highest BCUT2D eigenvalue weighted by Crippen LogP contribution is 2.31. The Morgan fingerprint density at radius 1 is 1.27 bits per heavy atom. The Kier molecular flexibility index (Phi) is 6.86. The molecule has 3 rings (SSSR count). The molecule has 1 heterocycles. The standard InChI is InChI=1S/C19H18N4O6S/c1-3-28-12-8-9-14(15(10-12)23(25)26)20-17(24)11-30-19-22-21-18(29-19)13-6-4-5-7-16(13)27-2/h4-10H,3,11H2,1-2H3,(H,20,24). The van der Waals surface area contributed by atoms with Crippen LogP contribution in [0.5, 0.6) is 11.5 Å². The predicted octanol–water partition coefficient (Wildman–Crippen LogP) is 3.78. The molecule has 11 heteroatoms. The minimum atomic E-state index is -0.581. The van der Waals surface area contributed by atoms with Gasteiger partial charge in [-0.05, 0) is 31.2 Å². The molecule has 0 aliphatic rings. The first-order chi connectivity index (χ1) is 14.5. The van der Waals surface area contributed by atoms with Gasteiger partial charge < -0.3 is 19.2 Å². The van der Waals surface area contributed by atoms with Crippen LogP contribution in [0.15, 0.2) is 52.1 Å². The molecule has 30 heavy (non-hydrogen) atoms. The van der Waals surface area contributed by atoms with Crippen LogP contribution in [-0.2, 0) is 4.79 Å². The molecule has 3 aromatic rings. The van der Waals surface area contributed by atoms with Crippen LogP contribution in [0, 0.1) is 10.1 Å². The molecule has 0 bridgehead atoms. The van der Waals surface area contributed by atoms with Gasteiger partial charge in [0.1, 0.15) is 17.2 Å². The van der Waals surface area contributed by atoms with Gasteiger partial charge in [-0.2, -0.15) is 0 Å². The number of carbonyl (C=O) groups is 1. The zero-order chi connectivity index (χ0) is 21.5. The quantitative estimate of drug-likeness (QED) is 0.306. The third-order valence-electron chi connectivity index (χ3n) is 3.82. The number of hydrogen-bond donors (Lipinski definition) is 1. The number of ether oxygens (including phenoxy) is 2.